The van der Waals surface area contributed by atoms with Crippen LogP contribution in [-0.4, -0.2) is 35.4 Å². The van der Waals surface area contributed by atoms with Crippen molar-refractivity contribution in [2.45, 2.75) is 64.1 Å². The van der Waals surface area contributed by atoms with Gasteiger partial charge in [0.25, 0.3) is 5.91 Å². The molecule has 2 aromatic rings. The van der Waals surface area contributed by atoms with E-state index in [0.29, 0.717) is 22.0 Å². The van der Waals surface area contributed by atoms with E-state index in [2.05, 4.69) is 5.32 Å². The second kappa shape index (κ2) is 12.2. The van der Waals surface area contributed by atoms with Crippen LogP contribution >= 0.6 is 23.2 Å². The molecular formula is C25H29Cl2FN2O3. The van der Waals surface area contributed by atoms with Gasteiger partial charge in [-0.05, 0) is 49.1 Å². The molecule has 1 aliphatic rings. The van der Waals surface area contributed by atoms with Crippen LogP contribution in [0.1, 0.15) is 51.0 Å². The van der Waals surface area contributed by atoms with Crippen LogP contribution in [-0.2, 0) is 16.1 Å². The Bertz CT molecular complexity index is 966. The second-order valence-electron chi connectivity index (χ2n) is 8.24. The molecule has 0 aliphatic heterocycles. The Labute approximate surface area is 204 Å². The third-order valence-electron chi connectivity index (χ3n) is 5.88. The van der Waals surface area contributed by atoms with E-state index >= 15 is 0 Å². The first-order chi connectivity index (χ1) is 15.9. The van der Waals surface area contributed by atoms with Gasteiger partial charge < -0.3 is 15.0 Å². The highest BCUT2D eigenvalue weighted by atomic mass is 35.5. The Morgan fingerprint density at radius 3 is 2.55 bits per heavy atom. The molecule has 0 aromatic heterocycles. The molecule has 0 bridgehead atoms. The summed E-state index contributed by atoms with van der Waals surface area (Å²) in [4.78, 5) is 27.9. The molecule has 8 heteroatoms. The van der Waals surface area contributed by atoms with Crippen molar-refractivity contribution < 1.29 is 18.7 Å². The molecule has 0 saturated heterocycles. The summed E-state index contributed by atoms with van der Waals surface area (Å²) in [6.45, 7) is 1.55. The number of para-hydroxylation sites is 1. The van der Waals surface area contributed by atoms with E-state index in [1.165, 1.54) is 23.5 Å². The molecule has 5 nitrogen and oxygen atoms in total. The van der Waals surface area contributed by atoms with Gasteiger partial charge in [-0.1, -0.05) is 67.6 Å². The second-order valence-corrected chi connectivity index (χ2v) is 9.09. The smallest absolute Gasteiger partial charge is 0.261 e. The molecule has 2 amide bonds. The van der Waals surface area contributed by atoms with Crippen molar-refractivity contribution in [2.24, 2.45) is 0 Å². The highest BCUT2D eigenvalue weighted by Crippen LogP contribution is 2.25. The Balaban J connectivity index is 1.79. The lowest BCUT2D eigenvalue weighted by atomic mass is 9.95. The Morgan fingerprint density at radius 1 is 1.15 bits per heavy atom. The van der Waals surface area contributed by atoms with Gasteiger partial charge in [-0.2, -0.15) is 0 Å². The third-order valence-corrected chi connectivity index (χ3v) is 6.47. The normalized spacial score (nSPS) is 15.0. The lowest BCUT2D eigenvalue weighted by Crippen LogP contribution is -2.52. The molecule has 33 heavy (non-hydrogen) atoms. The maximum absolute atomic E-state index is 13.9. The van der Waals surface area contributed by atoms with Crippen LogP contribution in [0.3, 0.4) is 0 Å². The first-order valence-corrected chi connectivity index (χ1v) is 12.1. The zero-order chi connectivity index (χ0) is 23.8. The zero-order valence-electron chi connectivity index (χ0n) is 18.7. The summed E-state index contributed by atoms with van der Waals surface area (Å²) < 4.78 is 19.4. The number of halogens is 3. The number of rotatable bonds is 9. The van der Waals surface area contributed by atoms with Gasteiger partial charge in [0.1, 0.15) is 6.04 Å². The van der Waals surface area contributed by atoms with Gasteiger partial charge in [0, 0.05) is 22.6 Å². The average Bonchev–Trinajstić information content (AvgIpc) is 2.80. The quantitative estimate of drug-likeness (QED) is 0.481. The van der Waals surface area contributed by atoms with Gasteiger partial charge >= 0.3 is 0 Å². The van der Waals surface area contributed by atoms with Crippen LogP contribution in [0, 0.1) is 5.82 Å². The molecule has 0 unspecified atom stereocenters. The molecule has 1 aliphatic carbocycles. The number of carbonyl (C=O) groups excluding carboxylic acids is 2. The molecule has 0 radical (unpaired) electrons. The molecule has 1 atom stereocenters. The predicted octanol–water partition coefficient (Wildman–Crippen LogP) is 5.77. The van der Waals surface area contributed by atoms with Crippen LogP contribution in [0.2, 0.25) is 10.0 Å². The predicted molar refractivity (Wildman–Crippen MR) is 128 cm³/mol. The fourth-order valence-corrected chi connectivity index (χ4v) is 4.55. The molecule has 1 fully saturated rings. The summed E-state index contributed by atoms with van der Waals surface area (Å²) in [5.41, 5.74) is 0.657. The van der Waals surface area contributed by atoms with Crippen LogP contribution in [0.15, 0.2) is 42.5 Å². The molecule has 178 valence electrons. The van der Waals surface area contributed by atoms with E-state index in [1.807, 2.05) is 6.92 Å². The van der Waals surface area contributed by atoms with Crippen LogP contribution < -0.4 is 10.1 Å². The van der Waals surface area contributed by atoms with E-state index in [9.17, 15) is 14.0 Å². The minimum atomic E-state index is -0.713. The van der Waals surface area contributed by atoms with Crippen LogP contribution in [0.25, 0.3) is 0 Å². The largest absolute Gasteiger partial charge is 0.481 e. The summed E-state index contributed by atoms with van der Waals surface area (Å²) in [7, 11) is 0. The Hall–Kier alpha value is -2.31. The molecule has 3 rings (SSSR count). The van der Waals surface area contributed by atoms with Gasteiger partial charge in [0.2, 0.25) is 5.91 Å². The average molecular weight is 495 g/mol. The van der Waals surface area contributed by atoms with Crippen molar-refractivity contribution in [1.29, 1.82) is 0 Å². The number of hydrogen-bond acceptors (Lipinski definition) is 3. The molecule has 2 aromatic carbocycles. The van der Waals surface area contributed by atoms with E-state index in [4.69, 9.17) is 27.9 Å². The first kappa shape index (κ1) is 25.3. The monoisotopic (exact) mass is 494 g/mol. The van der Waals surface area contributed by atoms with Gasteiger partial charge in [-0.15, -0.1) is 0 Å². The Kier molecular flexibility index (Phi) is 9.39. The summed E-state index contributed by atoms with van der Waals surface area (Å²) in [5, 5.41) is 3.99. The number of nitrogens with zero attached hydrogens (tertiary/aromatic N) is 1. The minimum absolute atomic E-state index is 0.0185. The van der Waals surface area contributed by atoms with Crippen molar-refractivity contribution in [1.82, 2.24) is 10.2 Å². The number of carbonyl (C=O) groups is 2. The lowest BCUT2D eigenvalue weighted by molar-refractivity contribution is -0.143. The number of benzene rings is 2. The topological polar surface area (TPSA) is 58.6 Å². The summed E-state index contributed by atoms with van der Waals surface area (Å²) >= 11 is 12.4. The molecule has 1 N–H and O–H groups in total. The summed E-state index contributed by atoms with van der Waals surface area (Å²) in [6.07, 6.45) is 5.64. The van der Waals surface area contributed by atoms with E-state index < -0.39 is 24.4 Å². The van der Waals surface area contributed by atoms with Crippen molar-refractivity contribution in [2.75, 3.05) is 6.61 Å². The lowest BCUT2D eigenvalue weighted by Gasteiger charge is -2.33. The molecule has 0 spiro atoms. The van der Waals surface area contributed by atoms with E-state index in [0.717, 1.165) is 25.7 Å². The van der Waals surface area contributed by atoms with Gasteiger partial charge in [0.15, 0.2) is 18.2 Å². The molecule has 0 heterocycles. The Morgan fingerprint density at radius 2 is 1.88 bits per heavy atom. The van der Waals surface area contributed by atoms with Crippen molar-refractivity contribution in [3.05, 3.63) is 63.9 Å². The fourth-order valence-electron chi connectivity index (χ4n) is 4.08. The number of nitrogens with one attached hydrogen (secondary N) is 1. The summed E-state index contributed by atoms with van der Waals surface area (Å²) in [6, 6.07) is 10.3. The first-order valence-electron chi connectivity index (χ1n) is 11.3. The summed E-state index contributed by atoms with van der Waals surface area (Å²) in [5.74, 6) is -1.21. The van der Waals surface area contributed by atoms with Crippen molar-refractivity contribution in [3.8, 4) is 5.75 Å². The number of amides is 2. The number of hydrogen-bond donors (Lipinski definition) is 1. The van der Waals surface area contributed by atoms with Crippen LogP contribution in [0.4, 0.5) is 4.39 Å². The molecular weight excluding hydrogens is 466 g/mol. The highest BCUT2D eigenvalue weighted by Gasteiger charge is 2.31. The SMILES string of the molecule is CC[C@H](C(=O)NC1CCCCC1)N(Cc1ccc(Cl)cc1Cl)C(=O)COc1ccccc1F. The van der Waals surface area contributed by atoms with Crippen molar-refractivity contribution >= 4 is 35.0 Å². The van der Waals surface area contributed by atoms with E-state index in [-0.39, 0.29) is 24.2 Å². The third kappa shape index (κ3) is 7.08. The van der Waals surface area contributed by atoms with Gasteiger partial charge in [-0.25, -0.2) is 4.39 Å². The fraction of sp³-hybridized carbons (Fsp3) is 0.440. The maximum atomic E-state index is 13.9. The number of ether oxygens (including phenoxy) is 1. The zero-order valence-corrected chi connectivity index (χ0v) is 20.2. The van der Waals surface area contributed by atoms with E-state index in [1.54, 1.807) is 30.3 Å². The maximum Gasteiger partial charge on any atom is 0.261 e. The van der Waals surface area contributed by atoms with Crippen LogP contribution in [0.5, 0.6) is 5.75 Å². The molecule has 1 saturated carbocycles. The standard InChI is InChI=1S/C25H29Cl2FN2O3/c1-2-22(25(32)29-19-8-4-3-5-9-19)30(15-17-12-13-18(26)14-20(17)27)24(31)16-33-23-11-7-6-10-21(23)28/h6-7,10-14,19,22H,2-5,8-9,15-16H2,1H3,(H,29,32)/t22-/m1/s1. The van der Waals surface area contributed by atoms with Gasteiger partial charge in [-0.3, -0.25) is 9.59 Å². The minimum Gasteiger partial charge on any atom is -0.481 e. The van der Waals surface area contributed by atoms with Crippen molar-refractivity contribution in [3.63, 3.8) is 0 Å². The van der Waals surface area contributed by atoms with Gasteiger partial charge in [0.05, 0.1) is 0 Å². The highest BCUT2D eigenvalue weighted by molar-refractivity contribution is 6.35.